The van der Waals surface area contributed by atoms with Gasteiger partial charge in [-0.25, -0.2) is 15.6 Å². The lowest BCUT2D eigenvalue weighted by Gasteiger charge is -2.14. The molecule has 11 heteroatoms. The zero-order valence-electron chi connectivity index (χ0n) is 13.6. The van der Waals surface area contributed by atoms with Crippen LogP contribution in [-0.4, -0.2) is 52.9 Å². The van der Waals surface area contributed by atoms with Gasteiger partial charge < -0.3 is 26.3 Å². The van der Waals surface area contributed by atoms with Crippen LogP contribution in [0.1, 0.15) is 23.2 Å². The van der Waals surface area contributed by atoms with Gasteiger partial charge in [0.15, 0.2) is 0 Å². The SMILES string of the molecule is NNC=Nc1cccc(C(=O)NCC(=O)NC(CCC(=O)O)C(=O)O)c1. The number of nitrogens with two attached hydrogens (primary N) is 1. The number of amides is 2. The summed E-state index contributed by atoms with van der Waals surface area (Å²) in [5.74, 6) is 1.21. The molecule has 140 valence electrons. The van der Waals surface area contributed by atoms with Crippen LogP contribution in [0.5, 0.6) is 0 Å². The minimum absolute atomic E-state index is 0.241. The van der Waals surface area contributed by atoms with Crippen LogP contribution in [0.2, 0.25) is 0 Å². The van der Waals surface area contributed by atoms with Crippen LogP contribution in [0, 0.1) is 0 Å². The average molecular weight is 365 g/mol. The Morgan fingerprint density at radius 2 is 1.96 bits per heavy atom. The Bertz CT molecular complexity index is 706. The predicted molar refractivity (Wildman–Crippen MR) is 90.7 cm³/mol. The lowest BCUT2D eigenvalue weighted by Crippen LogP contribution is -2.45. The molecule has 26 heavy (non-hydrogen) atoms. The van der Waals surface area contributed by atoms with E-state index in [0.717, 1.165) is 0 Å². The van der Waals surface area contributed by atoms with Gasteiger partial charge in [-0.1, -0.05) is 6.07 Å². The van der Waals surface area contributed by atoms with E-state index in [4.69, 9.17) is 16.1 Å². The fraction of sp³-hybridized carbons (Fsp3) is 0.267. The number of benzene rings is 1. The van der Waals surface area contributed by atoms with Gasteiger partial charge in [0.1, 0.15) is 12.4 Å². The highest BCUT2D eigenvalue weighted by Gasteiger charge is 2.21. The molecule has 0 bridgehead atoms. The molecule has 2 amide bonds. The zero-order valence-corrected chi connectivity index (χ0v) is 13.6. The molecular formula is C15H19N5O6. The van der Waals surface area contributed by atoms with Gasteiger partial charge in [-0.3, -0.25) is 14.4 Å². The fourth-order valence-corrected chi connectivity index (χ4v) is 1.87. The number of hydrogen-bond acceptors (Lipinski definition) is 6. The Morgan fingerprint density at radius 3 is 2.58 bits per heavy atom. The molecular weight excluding hydrogens is 346 g/mol. The van der Waals surface area contributed by atoms with Crippen molar-refractivity contribution in [3.63, 3.8) is 0 Å². The Kier molecular flexibility index (Phi) is 8.23. The molecule has 11 nitrogen and oxygen atoms in total. The third kappa shape index (κ3) is 7.40. The molecule has 0 aromatic heterocycles. The highest BCUT2D eigenvalue weighted by atomic mass is 16.4. The first-order valence-electron chi connectivity index (χ1n) is 7.44. The lowest BCUT2D eigenvalue weighted by molar-refractivity contribution is -0.142. The van der Waals surface area contributed by atoms with Crippen molar-refractivity contribution in [2.45, 2.75) is 18.9 Å². The molecule has 0 aliphatic rings. The molecule has 0 spiro atoms. The minimum Gasteiger partial charge on any atom is -0.481 e. The number of rotatable bonds is 10. The van der Waals surface area contributed by atoms with Crippen LogP contribution in [0.3, 0.4) is 0 Å². The van der Waals surface area contributed by atoms with Crippen LogP contribution < -0.4 is 21.9 Å². The van der Waals surface area contributed by atoms with Crippen LogP contribution in [-0.2, 0) is 14.4 Å². The van der Waals surface area contributed by atoms with Crippen molar-refractivity contribution in [2.75, 3.05) is 6.54 Å². The molecule has 1 rings (SSSR count). The fourth-order valence-electron chi connectivity index (χ4n) is 1.87. The second kappa shape index (κ2) is 10.4. The number of aliphatic carboxylic acids is 2. The maximum absolute atomic E-state index is 12.0. The summed E-state index contributed by atoms with van der Waals surface area (Å²) in [5.41, 5.74) is 2.92. The maximum Gasteiger partial charge on any atom is 0.326 e. The smallest absolute Gasteiger partial charge is 0.326 e. The van der Waals surface area contributed by atoms with Gasteiger partial charge in [0.05, 0.1) is 12.2 Å². The Morgan fingerprint density at radius 1 is 1.23 bits per heavy atom. The lowest BCUT2D eigenvalue weighted by atomic mass is 10.1. The van der Waals surface area contributed by atoms with Crippen LogP contribution in [0.15, 0.2) is 29.3 Å². The van der Waals surface area contributed by atoms with Gasteiger partial charge in [-0.2, -0.15) is 0 Å². The van der Waals surface area contributed by atoms with Crippen molar-refractivity contribution in [1.29, 1.82) is 0 Å². The van der Waals surface area contributed by atoms with Crippen molar-refractivity contribution >= 4 is 35.8 Å². The number of aliphatic imine (C=N–C) groups is 1. The maximum atomic E-state index is 12.0. The van der Waals surface area contributed by atoms with E-state index >= 15 is 0 Å². The molecule has 7 N–H and O–H groups in total. The molecule has 0 aliphatic heterocycles. The van der Waals surface area contributed by atoms with Crippen LogP contribution in [0.4, 0.5) is 5.69 Å². The van der Waals surface area contributed by atoms with E-state index in [1.165, 1.54) is 18.5 Å². The highest BCUT2D eigenvalue weighted by molar-refractivity contribution is 5.97. The molecule has 1 atom stereocenters. The largest absolute Gasteiger partial charge is 0.481 e. The highest BCUT2D eigenvalue weighted by Crippen LogP contribution is 2.13. The molecule has 1 aromatic rings. The summed E-state index contributed by atoms with van der Waals surface area (Å²) in [4.78, 5) is 49.2. The molecule has 0 aliphatic carbocycles. The van der Waals surface area contributed by atoms with Crippen LogP contribution >= 0.6 is 0 Å². The average Bonchev–Trinajstić information content (AvgIpc) is 2.61. The predicted octanol–water partition coefficient (Wildman–Crippen LogP) is -1.03. The van der Waals surface area contributed by atoms with E-state index < -0.39 is 42.8 Å². The molecule has 0 fully saturated rings. The third-order valence-corrected chi connectivity index (χ3v) is 3.09. The number of nitrogens with zero attached hydrogens (tertiary/aromatic N) is 1. The first-order chi connectivity index (χ1) is 12.3. The summed E-state index contributed by atoms with van der Waals surface area (Å²) in [6.45, 7) is -0.465. The van der Waals surface area contributed by atoms with Crippen molar-refractivity contribution < 1.29 is 29.4 Å². The molecule has 0 saturated carbocycles. The quantitative estimate of drug-likeness (QED) is 0.132. The first-order valence-corrected chi connectivity index (χ1v) is 7.44. The Balaban J connectivity index is 2.57. The number of hydrogen-bond donors (Lipinski definition) is 6. The number of hydrazine groups is 1. The number of carbonyl (C=O) groups is 4. The van der Waals surface area contributed by atoms with Gasteiger partial charge >= 0.3 is 11.9 Å². The summed E-state index contributed by atoms with van der Waals surface area (Å²) >= 11 is 0. The topological polar surface area (TPSA) is 183 Å². The summed E-state index contributed by atoms with van der Waals surface area (Å²) in [5, 5.41) is 22.0. The standard InChI is InChI=1S/C15H19N5O6/c16-19-8-18-10-3-1-2-9(6-10)14(24)17-7-12(21)20-11(15(25)26)4-5-13(22)23/h1-3,6,8,11H,4-5,7,16H2,(H,17,24)(H,18,19)(H,20,21)(H,22,23)(H,25,26). The van der Waals surface area contributed by atoms with E-state index in [2.05, 4.69) is 21.1 Å². The molecule has 0 saturated heterocycles. The van der Waals surface area contributed by atoms with E-state index in [-0.39, 0.29) is 12.0 Å². The van der Waals surface area contributed by atoms with Gasteiger partial charge in [0, 0.05) is 12.0 Å². The zero-order chi connectivity index (χ0) is 19.5. The van der Waals surface area contributed by atoms with Crippen molar-refractivity contribution in [3.8, 4) is 0 Å². The number of carboxylic acid groups (broad SMARTS) is 2. The van der Waals surface area contributed by atoms with E-state index in [1.54, 1.807) is 12.1 Å². The summed E-state index contributed by atoms with van der Waals surface area (Å²) in [6.07, 6.45) is 0.557. The third-order valence-electron chi connectivity index (χ3n) is 3.09. The summed E-state index contributed by atoms with van der Waals surface area (Å²) in [7, 11) is 0. The minimum atomic E-state index is -1.36. The molecule has 1 aromatic carbocycles. The number of carboxylic acids is 2. The van der Waals surface area contributed by atoms with Gasteiger partial charge in [0.2, 0.25) is 5.91 Å². The second-order valence-corrected chi connectivity index (χ2v) is 5.05. The number of nitrogens with one attached hydrogen (secondary N) is 3. The van der Waals surface area contributed by atoms with E-state index in [1.807, 2.05) is 0 Å². The normalized spacial score (nSPS) is 11.6. The first kappa shape index (κ1) is 20.6. The van der Waals surface area contributed by atoms with Gasteiger partial charge in [0.25, 0.3) is 5.91 Å². The molecule has 0 radical (unpaired) electrons. The van der Waals surface area contributed by atoms with E-state index in [9.17, 15) is 19.2 Å². The molecule has 0 heterocycles. The van der Waals surface area contributed by atoms with Gasteiger partial charge in [-0.15, -0.1) is 0 Å². The van der Waals surface area contributed by atoms with Crippen molar-refractivity contribution in [3.05, 3.63) is 29.8 Å². The summed E-state index contributed by atoms with van der Waals surface area (Å²) < 4.78 is 0. The van der Waals surface area contributed by atoms with Crippen LogP contribution in [0.25, 0.3) is 0 Å². The van der Waals surface area contributed by atoms with Crippen molar-refractivity contribution in [1.82, 2.24) is 16.1 Å². The Labute approximate surface area is 148 Å². The monoisotopic (exact) mass is 365 g/mol. The number of carbonyl (C=O) groups excluding carboxylic acids is 2. The molecule has 1 unspecified atom stereocenters. The Hall–Kier alpha value is -3.47. The van der Waals surface area contributed by atoms with E-state index in [0.29, 0.717) is 5.69 Å². The summed E-state index contributed by atoms with van der Waals surface area (Å²) in [6, 6.07) is 4.85. The van der Waals surface area contributed by atoms with Gasteiger partial charge in [-0.05, 0) is 24.6 Å². The van der Waals surface area contributed by atoms with Crippen molar-refractivity contribution in [2.24, 2.45) is 10.8 Å². The second-order valence-electron chi connectivity index (χ2n) is 5.05.